The normalized spacial score (nSPS) is 14.4. The average molecular weight is 465 g/mol. The summed E-state index contributed by atoms with van der Waals surface area (Å²) in [5.74, 6) is -5.84. The summed E-state index contributed by atoms with van der Waals surface area (Å²) in [5, 5.41) is 24.9. The molecule has 15 heteroatoms. The summed E-state index contributed by atoms with van der Waals surface area (Å²) in [7, 11) is 0. The van der Waals surface area contributed by atoms with Crippen LogP contribution in [0.15, 0.2) is 0 Å². The van der Waals surface area contributed by atoms with Crippen molar-refractivity contribution in [2.24, 2.45) is 17.2 Å². The number of hydrogen-bond donors (Lipinski definition) is 9. The van der Waals surface area contributed by atoms with Gasteiger partial charge in [0.05, 0.1) is 12.6 Å². The van der Waals surface area contributed by atoms with Gasteiger partial charge >= 0.3 is 5.97 Å². The molecule has 14 nitrogen and oxygen atoms in total. The van der Waals surface area contributed by atoms with Gasteiger partial charge in [0.15, 0.2) is 0 Å². The molecule has 0 aliphatic rings. The molecule has 0 rings (SSSR count). The van der Waals surface area contributed by atoms with Gasteiger partial charge in [-0.25, -0.2) is 4.79 Å². The zero-order valence-electron chi connectivity index (χ0n) is 16.6. The molecule has 176 valence electrons. The number of aliphatic hydroxyl groups is 1. The molecule has 0 aromatic carbocycles. The molecule has 11 N–H and O–H groups in total. The van der Waals surface area contributed by atoms with E-state index in [0.717, 1.165) is 0 Å². The fourth-order valence-corrected chi connectivity index (χ4v) is 2.43. The average Bonchev–Trinajstić information content (AvgIpc) is 2.70. The van der Waals surface area contributed by atoms with Crippen molar-refractivity contribution in [1.29, 1.82) is 0 Å². The van der Waals surface area contributed by atoms with E-state index < -0.39 is 66.3 Å². The van der Waals surface area contributed by atoms with Gasteiger partial charge < -0.3 is 43.4 Å². The molecule has 0 bridgehead atoms. The van der Waals surface area contributed by atoms with E-state index in [2.05, 4.69) is 28.6 Å². The highest BCUT2D eigenvalue weighted by molar-refractivity contribution is 7.80. The van der Waals surface area contributed by atoms with Gasteiger partial charge in [-0.3, -0.25) is 24.0 Å². The Bertz CT molecular complexity index is 691. The van der Waals surface area contributed by atoms with Gasteiger partial charge in [0.2, 0.25) is 29.5 Å². The summed E-state index contributed by atoms with van der Waals surface area (Å²) >= 11 is 3.79. The molecule has 4 atom stereocenters. The Morgan fingerprint density at radius 3 is 1.68 bits per heavy atom. The molecule has 0 aromatic heterocycles. The van der Waals surface area contributed by atoms with Crippen LogP contribution in [0, 0.1) is 0 Å². The van der Waals surface area contributed by atoms with Gasteiger partial charge in [0.25, 0.3) is 0 Å². The molecule has 0 aliphatic carbocycles. The van der Waals surface area contributed by atoms with E-state index in [1.807, 2.05) is 0 Å². The van der Waals surface area contributed by atoms with Crippen molar-refractivity contribution in [1.82, 2.24) is 16.0 Å². The Kier molecular flexibility index (Phi) is 12.8. The quantitative estimate of drug-likeness (QED) is 0.105. The Morgan fingerprint density at radius 1 is 0.774 bits per heavy atom. The summed E-state index contributed by atoms with van der Waals surface area (Å²) in [5.41, 5.74) is 15.7. The van der Waals surface area contributed by atoms with Crippen LogP contribution >= 0.6 is 12.6 Å². The van der Waals surface area contributed by atoms with E-state index in [4.69, 9.17) is 22.3 Å². The van der Waals surface area contributed by atoms with Crippen LogP contribution in [0.4, 0.5) is 0 Å². The van der Waals surface area contributed by atoms with Crippen LogP contribution in [0.2, 0.25) is 0 Å². The van der Waals surface area contributed by atoms with Crippen LogP contribution in [0.3, 0.4) is 0 Å². The number of carbonyl (C=O) groups excluding carboxylic acids is 5. The maximum atomic E-state index is 12.5. The van der Waals surface area contributed by atoms with E-state index >= 15 is 0 Å². The van der Waals surface area contributed by atoms with Crippen molar-refractivity contribution in [3.8, 4) is 0 Å². The number of hydrogen-bond acceptors (Lipinski definition) is 9. The van der Waals surface area contributed by atoms with Gasteiger partial charge in [0, 0.05) is 18.6 Å². The van der Waals surface area contributed by atoms with E-state index in [1.54, 1.807) is 0 Å². The van der Waals surface area contributed by atoms with Crippen LogP contribution in [0.1, 0.15) is 25.7 Å². The van der Waals surface area contributed by atoms with Crippen molar-refractivity contribution in [3.05, 3.63) is 0 Å². The van der Waals surface area contributed by atoms with Gasteiger partial charge in [-0.1, -0.05) is 0 Å². The number of nitrogens with two attached hydrogens (primary N) is 3. The minimum atomic E-state index is -1.55. The molecular weight excluding hydrogens is 436 g/mol. The second kappa shape index (κ2) is 14.2. The second-order valence-electron chi connectivity index (χ2n) is 6.50. The highest BCUT2D eigenvalue weighted by atomic mass is 32.1. The predicted octanol–water partition coefficient (Wildman–Crippen LogP) is -4.69. The van der Waals surface area contributed by atoms with Crippen molar-refractivity contribution in [2.75, 3.05) is 12.4 Å². The van der Waals surface area contributed by atoms with Crippen molar-refractivity contribution >= 4 is 48.1 Å². The first-order valence-electron chi connectivity index (χ1n) is 9.10. The van der Waals surface area contributed by atoms with E-state index in [9.17, 15) is 33.9 Å². The summed E-state index contributed by atoms with van der Waals surface area (Å²) in [6.07, 6.45) is -0.808. The molecule has 31 heavy (non-hydrogen) atoms. The molecule has 0 fully saturated rings. The summed E-state index contributed by atoms with van der Waals surface area (Å²) < 4.78 is 0. The molecule has 0 heterocycles. The number of nitrogens with one attached hydrogen (secondary N) is 3. The fraction of sp³-hybridized carbons (Fsp3) is 0.625. The van der Waals surface area contributed by atoms with Crippen LogP contribution in [-0.2, 0) is 28.8 Å². The first kappa shape index (κ1) is 28.1. The molecular formula is C16H28N6O8S. The molecule has 4 unspecified atom stereocenters. The number of amides is 5. The number of carbonyl (C=O) groups is 6. The number of carboxylic acids is 1. The molecule has 0 aliphatic heterocycles. The van der Waals surface area contributed by atoms with E-state index in [-0.39, 0.29) is 31.4 Å². The summed E-state index contributed by atoms with van der Waals surface area (Å²) in [6, 6.07) is -5.46. The molecule has 0 saturated heterocycles. The minimum Gasteiger partial charge on any atom is -0.480 e. The Hall–Kier alpha value is -2.91. The SMILES string of the molecule is NC(=O)CCC(N)C(=O)NC(CCC(N)=O)C(=O)NC(CO)C(=O)NC(CS)C(=O)O. The van der Waals surface area contributed by atoms with Gasteiger partial charge in [0.1, 0.15) is 18.1 Å². The Morgan fingerprint density at radius 2 is 1.23 bits per heavy atom. The molecule has 0 spiro atoms. The summed E-state index contributed by atoms with van der Waals surface area (Å²) in [4.78, 5) is 69.7. The number of aliphatic hydroxyl groups excluding tert-OH is 1. The highest BCUT2D eigenvalue weighted by Gasteiger charge is 2.29. The zero-order chi connectivity index (χ0) is 24.1. The number of rotatable bonds is 15. The highest BCUT2D eigenvalue weighted by Crippen LogP contribution is 2.02. The lowest BCUT2D eigenvalue weighted by atomic mass is 10.1. The van der Waals surface area contributed by atoms with Crippen LogP contribution in [0.5, 0.6) is 0 Å². The molecule has 0 aromatic rings. The van der Waals surface area contributed by atoms with Gasteiger partial charge in [-0.05, 0) is 12.8 Å². The van der Waals surface area contributed by atoms with Crippen LogP contribution in [0.25, 0.3) is 0 Å². The Labute approximate surface area is 183 Å². The third kappa shape index (κ3) is 11.2. The molecule has 5 amide bonds. The van der Waals surface area contributed by atoms with E-state index in [0.29, 0.717) is 0 Å². The minimum absolute atomic E-state index is 0.0900. The lowest BCUT2D eigenvalue weighted by Gasteiger charge is -2.24. The second-order valence-corrected chi connectivity index (χ2v) is 6.87. The number of aliphatic carboxylic acids is 1. The molecule has 0 saturated carbocycles. The number of thiol groups is 1. The monoisotopic (exact) mass is 464 g/mol. The maximum Gasteiger partial charge on any atom is 0.327 e. The Balaban J connectivity index is 5.21. The topological polar surface area (TPSA) is 257 Å². The largest absolute Gasteiger partial charge is 0.480 e. The molecule has 0 radical (unpaired) electrons. The lowest BCUT2D eigenvalue weighted by Crippen LogP contribution is -2.58. The smallest absolute Gasteiger partial charge is 0.327 e. The van der Waals surface area contributed by atoms with Crippen LogP contribution < -0.4 is 33.2 Å². The third-order valence-electron chi connectivity index (χ3n) is 3.96. The number of carboxylic acid groups (broad SMARTS) is 1. The predicted molar refractivity (Wildman–Crippen MR) is 109 cm³/mol. The summed E-state index contributed by atoms with van der Waals surface area (Å²) in [6.45, 7) is -0.884. The number of primary amides is 2. The fourth-order valence-electron chi connectivity index (χ4n) is 2.19. The first-order valence-corrected chi connectivity index (χ1v) is 9.73. The van der Waals surface area contributed by atoms with Gasteiger partial charge in [-0.2, -0.15) is 12.6 Å². The van der Waals surface area contributed by atoms with Crippen LogP contribution in [-0.4, -0.2) is 82.2 Å². The third-order valence-corrected chi connectivity index (χ3v) is 4.33. The zero-order valence-corrected chi connectivity index (χ0v) is 17.5. The van der Waals surface area contributed by atoms with Crippen molar-refractivity contribution in [2.45, 2.75) is 49.9 Å². The first-order chi connectivity index (χ1) is 14.4. The lowest BCUT2D eigenvalue weighted by molar-refractivity contribution is -0.142. The maximum absolute atomic E-state index is 12.5. The van der Waals surface area contributed by atoms with Crippen molar-refractivity contribution < 1.29 is 39.0 Å². The van der Waals surface area contributed by atoms with Gasteiger partial charge in [-0.15, -0.1) is 0 Å². The van der Waals surface area contributed by atoms with E-state index in [1.165, 1.54) is 0 Å². The van der Waals surface area contributed by atoms with Crippen molar-refractivity contribution in [3.63, 3.8) is 0 Å². The standard InChI is InChI=1S/C16H28N6O8S/c17-7(1-3-11(18)24)13(26)20-8(2-4-12(19)25)14(27)21-9(5-23)15(28)22-10(6-31)16(29)30/h7-10,23,31H,1-6,17H2,(H2,18,24)(H2,19,25)(H,20,26)(H,21,27)(H,22,28)(H,29,30).